The molecule has 24 heavy (non-hydrogen) atoms. The van der Waals surface area contributed by atoms with Gasteiger partial charge in [-0.1, -0.05) is 6.07 Å². The minimum absolute atomic E-state index is 0.126. The number of benzene rings is 2. The van der Waals surface area contributed by atoms with E-state index < -0.39 is 0 Å². The van der Waals surface area contributed by atoms with Gasteiger partial charge < -0.3 is 20.1 Å². The van der Waals surface area contributed by atoms with Crippen LogP contribution in [0.4, 0.5) is 4.39 Å². The first-order valence-electron chi connectivity index (χ1n) is 7.38. The quantitative estimate of drug-likeness (QED) is 0.832. The Kier molecular flexibility index (Phi) is 4.66. The lowest BCUT2D eigenvalue weighted by Crippen LogP contribution is -2.40. The van der Waals surface area contributed by atoms with Crippen LogP contribution in [-0.4, -0.2) is 19.3 Å². The van der Waals surface area contributed by atoms with Crippen molar-refractivity contribution in [3.05, 3.63) is 65.5 Å². The lowest BCUT2D eigenvalue weighted by Gasteiger charge is -2.26. The van der Waals surface area contributed by atoms with Crippen molar-refractivity contribution in [3.63, 3.8) is 0 Å². The van der Waals surface area contributed by atoms with Crippen LogP contribution in [-0.2, 0) is 0 Å². The van der Waals surface area contributed by atoms with Gasteiger partial charge in [0.15, 0.2) is 16.6 Å². The van der Waals surface area contributed by atoms with Crippen LogP contribution >= 0.6 is 12.2 Å². The van der Waals surface area contributed by atoms with Crippen molar-refractivity contribution in [2.75, 3.05) is 14.2 Å². The van der Waals surface area contributed by atoms with Gasteiger partial charge in [0.1, 0.15) is 5.82 Å². The van der Waals surface area contributed by atoms with Crippen molar-refractivity contribution in [1.82, 2.24) is 10.6 Å². The number of hydrogen-bond donors (Lipinski definition) is 2. The first-order valence-corrected chi connectivity index (χ1v) is 7.78. The fraction of sp³-hybridized carbons (Fsp3) is 0.167. The Morgan fingerprint density at radius 3 is 2.38 bits per heavy atom. The number of methoxy groups -OCH3 is 2. The molecule has 2 aromatic carbocycles. The molecule has 1 aliphatic rings. The Bertz CT molecular complexity index is 790. The predicted molar refractivity (Wildman–Crippen MR) is 95.5 cm³/mol. The minimum atomic E-state index is -0.271. The molecule has 1 heterocycles. The molecule has 0 amide bonds. The van der Waals surface area contributed by atoms with E-state index in [1.165, 1.54) is 12.1 Å². The summed E-state index contributed by atoms with van der Waals surface area (Å²) in [5, 5.41) is 6.82. The smallest absolute Gasteiger partial charge is 0.171 e. The normalized spacial score (nSPS) is 16.7. The van der Waals surface area contributed by atoms with Gasteiger partial charge in [-0.2, -0.15) is 0 Å². The van der Waals surface area contributed by atoms with Crippen LogP contribution in [0.25, 0.3) is 5.70 Å². The molecular weight excluding hydrogens is 327 g/mol. The van der Waals surface area contributed by atoms with E-state index in [0.717, 1.165) is 16.8 Å². The summed E-state index contributed by atoms with van der Waals surface area (Å²) in [7, 11) is 3.20. The molecule has 124 valence electrons. The molecular formula is C18H17FN2O2S. The number of hydrogen-bond acceptors (Lipinski definition) is 3. The maximum atomic E-state index is 13.1. The highest BCUT2D eigenvalue weighted by Crippen LogP contribution is 2.32. The Balaban J connectivity index is 1.96. The number of halogens is 1. The van der Waals surface area contributed by atoms with Crippen molar-refractivity contribution in [2.45, 2.75) is 6.04 Å². The van der Waals surface area contributed by atoms with Crippen LogP contribution in [0.5, 0.6) is 11.5 Å². The first-order chi connectivity index (χ1) is 11.6. The second-order valence-corrected chi connectivity index (χ2v) is 5.69. The van der Waals surface area contributed by atoms with E-state index in [1.807, 2.05) is 24.3 Å². The number of ether oxygens (including phenoxy) is 2. The van der Waals surface area contributed by atoms with E-state index in [-0.39, 0.29) is 11.9 Å². The molecule has 2 aromatic rings. The summed E-state index contributed by atoms with van der Waals surface area (Å²) in [6.45, 7) is 0. The van der Waals surface area contributed by atoms with Crippen LogP contribution in [0.15, 0.2) is 48.5 Å². The fourth-order valence-corrected chi connectivity index (χ4v) is 2.81. The van der Waals surface area contributed by atoms with Gasteiger partial charge in [-0.3, -0.25) is 0 Å². The molecule has 4 nitrogen and oxygen atoms in total. The highest BCUT2D eigenvalue weighted by Gasteiger charge is 2.20. The zero-order chi connectivity index (χ0) is 17.1. The molecule has 0 bridgehead atoms. The van der Waals surface area contributed by atoms with Gasteiger partial charge in [0, 0.05) is 5.70 Å². The van der Waals surface area contributed by atoms with E-state index in [4.69, 9.17) is 21.7 Å². The van der Waals surface area contributed by atoms with Crippen molar-refractivity contribution >= 4 is 23.0 Å². The highest BCUT2D eigenvalue weighted by atomic mass is 32.1. The van der Waals surface area contributed by atoms with Crippen LogP contribution in [0.1, 0.15) is 17.2 Å². The topological polar surface area (TPSA) is 42.5 Å². The second-order valence-electron chi connectivity index (χ2n) is 5.28. The number of thiocarbonyl (C=S) groups is 1. The Morgan fingerprint density at radius 2 is 1.71 bits per heavy atom. The van der Waals surface area contributed by atoms with Gasteiger partial charge in [0.05, 0.1) is 20.3 Å². The van der Waals surface area contributed by atoms with Crippen molar-refractivity contribution in [2.24, 2.45) is 0 Å². The third-order valence-electron chi connectivity index (χ3n) is 3.79. The zero-order valence-electron chi connectivity index (χ0n) is 13.3. The maximum absolute atomic E-state index is 13.1. The second kappa shape index (κ2) is 6.88. The molecule has 0 saturated carbocycles. The van der Waals surface area contributed by atoms with Crippen molar-refractivity contribution in [1.29, 1.82) is 0 Å². The van der Waals surface area contributed by atoms with Gasteiger partial charge in [-0.05, 0) is 65.8 Å². The summed E-state index contributed by atoms with van der Waals surface area (Å²) in [5.74, 6) is 1.05. The zero-order valence-corrected chi connectivity index (χ0v) is 14.1. The molecule has 1 aliphatic heterocycles. The van der Waals surface area contributed by atoms with Crippen LogP contribution < -0.4 is 20.1 Å². The van der Waals surface area contributed by atoms with E-state index in [9.17, 15) is 4.39 Å². The average molecular weight is 344 g/mol. The minimum Gasteiger partial charge on any atom is -0.493 e. The Labute approximate surface area is 145 Å². The van der Waals surface area contributed by atoms with Crippen LogP contribution in [0.3, 0.4) is 0 Å². The summed E-state index contributed by atoms with van der Waals surface area (Å²) in [6, 6.07) is 11.9. The standard InChI is InChI=1S/C18H17FN2O2S/c1-22-16-8-5-12(9-17(16)23-2)15-10-14(20-18(24)21-15)11-3-6-13(19)7-4-11/h3-10,15H,1-2H3,(H2,20,21,24)/t15-/m0/s1. The van der Waals surface area contributed by atoms with E-state index in [0.29, 0.717) is 16.6 Å². The molecule has 0 unspecified atom stereocenters. The molecule has 0 aliphatic carbocycles. The molecule has 0 spiro atoms. The summed E-state index contributed by atoms with van der Waals surface area (Å²) in [6.07, 6.45) is 2.00. The monoisotopic (exact) mass is 344 g/mol. The SMILES string of the molecule is COc1ccc([C@@H]2C=C(c3ccc(F)cc3)NC(=S)N2)cc1OC. The molecule has 0 fully saturated rings. The third kappa shape index (κ3) is 3.33. The molecule has 1 atom stereocenters. The van der Waals surface area contributed by atoms with E-state index in [1.54, 1.807) is 26.4 Å². The lowest BCUT2D eigenvalue weighted by molar-refractivity contribution is 0.354. The van der Waals surface area contributed by atoms with Gasteiger partial charge in [0.2, 0.25) is 0 Å². The molecule has 3 rings (SSSR count). The lowest BCUT2D eigenvalue weighted by atomic mass is 10.0. The van der Waals surface area contributed by atoms with Gasteiger partial charge in [-0.25, -0.2) is 4.39 Å². The molecule has 0 radical (unpaired) electrons. The predicted octanol–water partition coefficient (Wildman–Crippen LogP) is 3.40. The van der Waals surface area contributed by atoms with E-state index in [2.05, 4.69) is 10.6 Å². The van der Waals surface area contributed by atoms with Gasteiger partial charge in [0.25, 0.3) is 0 Å². The fourth-order valence-electron chi connectivity index (χ4n) is 2.57. The Hall–Kier alpha value is -2.60. The molecule has 6 heteroatoms. The summed E-state index contributed by atoms with van der Waals surface area (Å²) < 4.78 is 23.7. The molecule has 2 N–H and O–H groups in total. The molecule has 0 saturated heterocycles. The van der Waals surface area contributed by atoms with Crippen LogP contribution in [0.2, 0.25) is 0 Å². The summed E-state index contributed by atoms with van der Waals surface area (Å²) in [5.41, 5.74) is 2.68. The largest absolute Gasteiger partial charge is 0.493 e. The first kappa shape index (κ1) is 16.3. The summed E-state index contributed by atoms with van der Waals surface area (Å²) >= 11 is 5.30. The van der Waals surface area contributed by atoms with Crippen molar-refractivity contribution in [3.8, 4) is 11.5 Å². The van der Waals surface area contributed by atoms with Crippen LogP contribution in [0, 0.1) is 5.82 Å². The summed E-state index contributed by atoms with van der Waals surface area (Å²) in [4.78, 5) is 0. The third-order valence-corrected chi connectivity index (χ3v) is 4.01. The van der Waals surface area contributed by atoms with Crippen molar-refractivity contribution < 1.29 is 13.9 Å². The maximum Gasteiger partial charge on any atom is 0.171 e. The van der Waals surface area contributed by atoms with Gasteiger partial charge >= 0.3 is 0 Å². The highest BCUT2D eigenvalue weighted by molar-refractivity contribution is 7.80. The number of nitrogens with one attached hydrogen (secondary N) is 2. The Morgan fingerprint density at radius 1 is 1.00 bits per heavy atom. The average Bonchev–Trinajstić information content (AvgIpc) is 2.61. The van der Waals surface area contributed by atoms with E-state index >= 15 is 0 Å². The molecule has 0 aromatic heterocycles. The number of rotatable bonds is 4. The van der Waals surface area contributed by atoms with Gasteiger partial charge in [-0.15, -0.1) is 0 Å².